The maximum atomic E-state index is 12.6. The third kappa shape index (κ3) is 6.06. The van der Waals surface area contributed by atoms with Gasteiger partial charge in [-0.1, -0.05) is 42.1 Å². The summed E-state index contributed by atoms with van der Waals surface area (Å²) in [5, 5.41) is 13.4. The van der Waals surface area contributed by atoms with Gasteiger partial charge in [0.1, 0.15) is 11.5 Å². The van der Waals surface area contributed by atoms with Crippen molar-refractivity contribution in [3.05, 3.63) is 72.3 Å². The summed E-state index contributed by atoms with van der Waals surface area (Å²) in [7, 11) is 6.24. The van der Waals surface area contributed by atoms with E-state index >= 15 is 0 Å². The lowest BCUT2D eigenvalue weighted by Gasteiger charge is -2.12. The van der Waals surface area contributed by atoms with Crippen LogP contribution in [0.1, 0.15) is 5.56 Å². The molecule has 10 nitrogen and oxygen atoms in total. The van der Waals surface area contributed by atoms with E-state index in [0.717, 1.165) is 17.0 Å². The fourth-order valence-corrected chi connectivity index (χ4v) is 4.34. The molecule has 1 amide bonds. The van der Waals surface area contributed by atoms with Crippen molar-refractivity contribution in [3.8, 4) is 40.1 Å². The minimum Gasteiger partial charge on any atom is -0.497 e. The monoisotopic (exact) mass is 533 g/mol. The van der Waals surface area contributed by atoms with Crippen LogP contribution in [0, 0.1) is 0 Å². The summed E-state index contributed by atoms with van der Waals surface area (Å²) in [6.45, 7) is 0. The van der Waals surface area contributed by atoms with Crippen LogP contribution in [0.5, 0.6) is 23.0 Å². The molecule has 1 aromatic heterocycles. The highest BCUT2D eigenvalue weighted by Crippen LogP contribution is 2.34. The van der Waals surface area contributed by atoms with Crippen molar-refractivity contribution in [2.24, 2.45) is 5.10 Å². The fourth-order valence-electron chi connectivity index (χ4n) is 3.59. The first-order valence-electron chi connectivity index (χ1n) is 11.5. The van der Waals surface area contributed by atoms with Gasteiger partial charge in [0, 0.05) is 22.9 Å². The number of thioether (sulfide) groups is 1. The van der Waals surface area contributed by atoms with E-state index in [4.69, 9.17) is 18.9 Å². The molecule has 0 bridgehead atoms. The Morgan fingerprint density at radius 2 is 1.58 bits per heavy atom. The average Bonchev–Trinajstić information content (AvgIpc) is 3.40. The number of carbonyl (C=O) groups is 1. The molecule has 196 valence electrons. The lowest BCUT2D eigenvalue weighted by molar-refractivity contribution is -0.118. The summed E-state index contributed by atoms with van der Waals surface area (Å²) >= 11 is 1.25. The van der Waals surface area contributed by atoms with Gasteiger partial charge in [-0.15, -0.1) is 10.2 Å². The van der Waals surface area contributed by atoms with Gasteiger partial charge in [-0.05, 0) is 30.3 Å². The summed E-state index contributed by atoms with van der Waals surface area (Å²) in [6.07, 6.45) is 1.48. The van der Waals surface area contributed by atoms with E-state index in [1.54, 1.807) is 26.4 Å². The van der Waals surface area contributed by atoms with Crippen LogP contribution in [-0.2, 0) is 4.79 Å². The number of benzene rings is 3. The van der Waals surface area contributed by atoms with E-state index in [9.17, 15) is 4.79 Å². The van der Waals surface area contributed by atoms with Crippen LogP contribution < -0.4 is 24.4 Å². The maximum absolute atomic E-state index is 12.6. The fraction of sp³-hybridized carbons (Fsp3) is 0.185. The zero-order valence-corrected chi connectivity index (χ0v) is 22.2. The predicted octanol–water partition coefficient (Wildman–Crippen LogP) is 4.21. The van der Waals surface area contributed by atoms with Crippen molar-refractivity contribution in [2.45, 2.75) is 5.16 Å². The molecule has 4 rings (SSSR count). The Balaban J connectivity index is 1.50. The quantitative estimate of drug-likeness (QED) is 0.174. The Kier molecular flexibility index (Phi) is 8.83. The standard InChI is InChI=1S/C27H27N5O5S/c1-34-21-12-10-20(11-13-21)32-26(18-8-6-5-7-9-18)30-31-27(32)38-17-25(33)29-28-16-19-14-23(36-3)24(37-4)15-22(19)35-2/h5-16H,17H2,1-4H3,(H,29,33)/b28-16-. The number of amides is 1. The molecular formula is C27H27N5O5S. The van der Waals surface area contributed by atoms with Gasteiger partial charge < -0.3 is 18.9 Å². The molecule has 0 saturated carbocycles. The highest BCUT2D eigenvalue weighted by molar-refractivity contribution is 7.99. The molecule has 0 aliphatic carbocycles. The number of nitrogens with one attached hydrogen (secondary N) is 1. The zero-order chi connectivity index (χ0) is 26.9. The molecule has 0 aliphatic rings. The second kappa shape index (κ2) is 12.6. The Morgan fingerprint density at radius 1 is 0.895 bits per heavy atom. The van der Waals surface area contributed by atoms with Crippen LogP contribution >= 0.6 is 11.8 Å². The van der Waals surface area contributed by atoms with Crippen molar-refractivity contribution in [1.29, 1.82) is 0 Å². The van der Waals surface area contributed by atoms with Crippen molar-refractivity contribution in [2.75, 3.05) is 34.2 Å². The Labute approximate surface area is 224 Å². The van der Waals surface area contributed by atoms with Gasteiger partial charge in [0.15, 0.2) is 22.5 Å². The van der Waals surface area contributed by atoms with Crippen molar-refractivity contribution < 1.29 is 23.7 Å². The molecule has 0 aliphatic heterocycles. The Bertz CT molecular complexity index is 1410. The molecule has 1 N–H and O–H groups in total. The van der Waals surface area contributed by atoms with Gasteiger partial charge in [-0.3, -0.25) is 9.36 Å². The molecule has 0 fully saturated rings. The Morgan fingerprint density at radius 3 is 2.24 bits per heavy atom. The van der Waals surface area contributed by atoms with Crippen LogP contribution in [-0.4, -0.2) is 61.1 Å². The second-order valence-electron chi connectivity index (χ2n) is 7.74. The minimum absolute atomic E-state index is 0.0729. The van der Waals surface area contributed by atoms with E-state index in [-0.39, 0.29) is 11.7 Å². The number of nitrogens with zero attached hydrogens (tertiary/aromatic N) is 4. The molecule has 0 atom stereocenters. The van der Waals surface area contributed by atoms with E-state index in [1.807, 2.05) is 59.2 Å². The molecule has 38 heavy (non-hydrogen) atoms. The number of carbonyl (C=O) groups excluding carboxylic acids is 1. The van der Waals surface area contributed by atoms with Gasteiger partial charge in [-0.25, -0.2) is 5.43 Å². The first kappa shape index (κ1) is 26.6. The number of methoxy groups -OCH3 is 4. The van der Waals surface area contributed by atoms with Gasteiger partial charge in [0.05, 0.1) is 40.4 Å². The number of hydrogen-bond donors (Lipinski definition) is 1. The molecule has 0 saturated heterocycles. The highest BCUT2D eigenvalue weighted by Gasteiger charge is 2.17. The third-order valence-electron chi connectivity index (χ3n) is 5.46. The summed E-state index contributed by atoms with van der Waals surface area (Å²) in [6, 6.07) is 20.7. The molecule has 0 radical (unpaired) electrons. The lowest BCUT2D eigenvalue weighted by atomic mass is 10.2. The zero-order valence-electron chi connectivity index (χ0n) is 21.4. The van der Waals surface area contributed by atoms with Gasteiger partial charge in [0.25, 0.3) is 5.91 Å². The number of ether oxygens (including phenoxy) is 4. The third-order valence-corrected chi connectivity index (χ3v) is 6.39. The minimum atomic E-state index is -0.309. The molecular weight excluding hydrogens is 506 g/mol. The lowest BCUT2D eigenvalue weighted by Crippen LogP contribution is -2.20. The molecule has 1 heterocycles. The molecule has 11 heteroatoms. The highest BCUT2D eigenvalue weighted by atomic mass is 32.2. The number of aromatic nitrogens is 3. The SMILES string of the molecule is COc1ccc(-n2c(SCC(=O)N/N=C\c3cc(OC)c(OC)cc3OC)nnc2-c2ccccc2)cc1. The van der Waals surface area contributed by atoms with Gasteiger partial charge in [0.2, 0.25) is 0 Å². The Hall–Kier alpha value is -4.51. The van der Waals surface area contributed by atoms with Gasteiger partial charge in [-0.2, -0.15) is 5.10 Å². The van der Waals surface area contributed by atoms with Gasteiger partial charge >= 0.3 is 0 Å². The predicted molar refractivity (Wildman–Crippen MR) is 146 cm³/mol. The van der Waals surface area contributed by atoms with Crippen LogP contribution in [0.2, 0.25) is 0 Å². The summed E-state index contributed by atoms with van der Waals surface area (Å²) in [4.78, 5) is 12.6. The summed E-state index contributed by atoms with van der Waals surface area (Å²) in [5.41, 5.74) is 4.90. The summed E-state index contributed by atoms with van der Waals surface area (Å²) in [5.74, 6) is 2.73. The van der Waals surface area contributed by atoms with E-state index in [1.165, 1.54) is 32.2 Å². The van der Waals surface area contributed by atoms with Crippen LogP contribution in [0.25, 0.3) is 17.1 Å². The average molecular weight is 534 g/mol. The number of rotatable bonds is 11. The molecule has 0 unspecified atom stereocenters. The first-order chi connectivity index (χ1) is 18.6. The maximum Gasteiger partial charge on any atom is 0.250 e. The summed E-state index contributed by atoms with van der Waals surface area (Å²) < 4.78 is 23.2. The largest absolute Gasteiger partial charge is 0.497 e. The first-order valence-corrected chi connectivity index (χ1v) is 12.5. The van der Waals surface area contributed by atoms with Crippen molar-refractivity contribution in [3.63, 3.8) is 0 Å². The van der Waals surface area contributed by atoms with Crippen LogP contribution in [0.3, 0.4) is 0 Å². The van der Waals surface area contributed by atoms with E-state index < -0.39 is 0 Å². The smallest absolute Gasteiger partial charge is 0.250 e. The topological polar surface area (TPSA) is 109 Å². The van der Waals surface area contributed by atoms with Crippen LogP contribution in [0.15, 0.2) is 77.0 Å². The molecule has 4 aromatic rings. The van der Waals surface area contributed by atoms with Crippen LogP contribution in [0.4, 0.5) is 0 Å². The van der Waals surface area contributed by atoms with E-state index in [2.05, 4.69) is 20.7 Å². The van der Waals surface area contributed by atoms with Crippen molar-refractivity contribution >= 4 is 23.9 Å². The number of hydrazone groups is 1. The van der Waals surface area contributed by atoms with Crippen molar-refractivity contribution in [1.82, 2.24) is 20.2 Å². The molecule has 0 spiro atoms. The van der Waals surface area contributed by atoms with E-state index in [0.29, 0.717) is 33.8 Å². The normalized spacial score (nSPS) is 10.8. The molecule has 3 aromatic carbocycles. The number of hydrogen-bond acceptors (Lipinski definition) is 9. The second-order valence-corrected chi connectivity index (χ2v) is 8.68.